The lowest BCUT2D eigenvalue weighted by Gasteiger charge is -2.12. The van der Waals surface area contributed by atoms with Crippen molar-refractivity contribution < 1.29 is 4.79 Å². The second kappa shape index (κ2) is 7.12. The number of amides is 1. The summed E-state index contributed by atoms with van der Waals surface area (Å²) in [4.78, 5) is 16.0. The van der Waals surface area contributed by atoms with Crippen LogP contribution in [0.25, 0.3) is 5.69 Å². The van der Waals surface area contributed by atoms with Crippen molar-refractivity contribution in [2.24, 2.45) is 5.73 Å². The number of carbonyl (C=O) groups excluding carboxylic acids is 1. The zero-order chi connectivity index (χ0) is 14.4. The van der Waals surface area contributed by atoms with Gasteiger partial charge in [-0.15, -0.1) is 0 Å². The fourth-order valence-electron chi connectivity index (χ4n) is 1.77. The molecule has 0 aliphatic heterocycles. The van der Waals surface area contributed by atoms with Crippen LogP contribution in [0.15, 0.2) is 43.0 Å². The molecule has 1 heterocycles. The lowest BCUT2D eigenvalue weighted by molar-refractivity contribution is -0.117. The maximum Gasteiger partial charge on any atom is 0.241 e. The smallest absolute Gasteiger partial charge is 0.241 e. The predicted octanol–water partition coefficient (Wildman–Crippen LogP) is 1.89. The van der Waals surface area contributed by atoms with E-state index in [1.807, 2.05) is 41.3 Å². The molecule has 0 saturated carbocycles. The average molecular weight is 290 g/mol. The molecule has 0 fully saturated rings. The lowest BCUT2D eigenvalue weighted by atomic mass is 10.2. The van der Waals surface area contributed by atoms with Gasteiger partial charge in [0, 0.05) is 23.8 Å². The Hall–Kier alpha value is -1.79. The average Bonchev–Trinajstić information content (AvgIpc) is 2.99. The van der Waals surface area contributed by atoms with Gasteiger partial charge in [-0.3, -0.25) is 4.79 Å². The van der Waals surface area contributed by atoms with Crippen LogP contribution in [0.5, 0.6) is 0 Å². The Kier molecular flexibility index (Phi) is 5.20. The third kappa shape index (κ3) is 3.85. The highest BCUT2D eigenvalue weighted by Gasteiger charge is 2.13. The summed E-state index contributed by atoms with van der Waals surface area (Å²) in [6.45, 7) is 0. The number of carbonyl (C=O) groups is 1. The van der Waals surface area contributed by atoms with Gasteiger partial charge in [0.15, 0.2) is 0 Å². The fraction of sp³-hybridized carbons (Fsp3) is 0.286. The molecule has 1 amide bonds. The van der Waals surface area contributed by atoms with Gasteiger partial charge in [0.25, 0.3) is 0 Å². The number of benzene rings is 1. The van der Waals surface area contributed by atoms with Crippen molar-refractivity contribution in [3.8, 4) is 5.69 Å². The molecule has 0 unspecified atom stereocenters. The molecular formula is C14H18N4OS. The van der Waals surface area contributed by atoms with Crippen molar-refractivity contribution in [1.82, 2.24) is 9.55 Å². The monoisotopic (exact) mass is 290 g/mol. The van der Waals surface area contributed by atoms with Gasteiger partial charge < -0.3 is 15.6 Å². The Bertz CT molecular complexity index is 556. The largest absolute Gasteiger partial charge is 0.325 e. The molecule has 0 spiro atoms. The van der Waals surface area contributed by atoms with E-state index in [1.54, 1.807) is 24.3 Å². The van der Waals surface area contributed by atoms with Crippen molar-refractivity contribution in [2.75, 3.05) is 17.3 Å². The van der Waals surface area contributed by atoms with Crippen molar-refractivity contribution in [3.63, 3.8) is 0 Å². The minimum absolute atomic E-state index is 0.151. The highest BCUT2D eigenvalue weighted by molar-refractivity contribution is 7.98. The summed E-state index contributed by atoms with van der Waals surface area (Å²) in [6.07, 6.45) is 7.95. The highest BCUT2D eigenvalue weighted by atomic mass is 32.2. The molecule has 0 aliphatic carbocycles. The molecule has 0 radical (unpaired) electrons. The van der Waals surface area contributed by atoms with Gasteiger partial charge in [-0.05, 0) is 36.6 Å². The molecule has 3 N–H and O–H groups in total. The van der Waals surface area contributed by atoms with Crippen LogP contribution in [-0.4, -0.2) is 33.5 Å². The Balaban J connectivity index is 2.03. The van der Waals surface area contributed by atoms with Gasteiger partial charge in [-0.1, -0.05) is 6.07 Å². The van der Waals surface area contributed by atoms with Gasteiger partial charge in [-0.25, -0.2) is 4.98 Å². The first-order valence-corrected chi connectivity index (χ1v) is 7.74. The van der Waals surface area contributed by atoms with Gasteiger partial charge in [0.1, 0.15) is 0 Å². The van der Waals surface area contributed by atoms with Crippen LogP contribution in [0.1, 0.15) is 6.42 Å². The summed E-state index contributed by atoms with van der Waals surface area (Å²) < 4.78 is 1.88. The number of hydrogen-bond acceptors (Lipinski definition) is 4. The standard InChI is InChI=1S/C14H18N4OS/c1-20-8-5-13(15)14(19)17-11-3-2-4-12(9-11)18-7-6-16-10-18/h2-4,6-7,9-10,13H,5,8,15H2,1H3,(H,17,19)/t13-/m0/s1. The normalized spacial score (nSPS) is 12.1. The number of hydrogen-bond donors (Lipinski definition) is 2. The molecule has 1 atom stereocenters. The maximum atomic E-state index is 12.0. The van der Waals surface area contributed by atoms with Gasteiger partial charge in [0.05, 0.1) is 12.4 Å². The van der Waals surface area contributed by atoms with Crippen LogP contribution in [0.3, 0.4) is 0 Å². The molecule has 6 heteroatoms. The van der Waals surface area contributed by atoms with Crippen LogP contribution >= 0.6 is 11.8 Å². The molecule has 0 aliphatic rings. The molecule has 5 nitrogen and oxygen atoms in total. The summed E-state index contributed by atoms with van der Waals surface area (Å²) in [5.41, 5.74) is 7.52. The van der Waals surface area contributed by atoms with Crippen LogP contribution in [0.4, 0.5) is 5.69 Å². The molecule has 2 rings (SSSR count). The molecule has 0 bridgehead atoms. The van der Waals surface area contributed by atoms with E-state index in [0.29, 0.717) is 6.42 Å². The molecule has 20 heavy (non-hydrogen) atoms. The van der Waals surface area contributed by atoms with Gasteiger partial charge in [-0.2, -0.15) is 11.8 Å². The quantitative estimate of drug-likeness (QED) is 0.852. The van der Waals surface area contributed by atoms with E-state index in [4.69, 9.17) is 5.73 Å². The van der Waals surface area contributed by atoms with E-state index >= 15 is 0 Å². The summed E-state index contributed by atoms with van der Waals surface area (Å²) in [7, 11) is 0. The zero-order valence-corrected chi connectivity index (χ0v) is 12.1. The van der Waals surface area contributed by atoms with Crippen LogP contribution in [0, 0.1) is 0 Å². The zero-order valence-electron chi connectivity index (χ0n) is 11.3. The number of nitrogens with two attached hydrogens (primary N) is 1. The Morgan fingerprint density at radius 3 is 3.10 bits per heavy atom. The molecule has 1 aromatic carbocycles. The molecular weight excluding hydrogens is 272 g/mol. The summed E-state index contributed by atoms with van der Waals surface area (Å²) in [6, 6.07) is 7.10. The minimum atomic E-state index is -0.473. The number of imidazole rings is 1. The van der Waals surface area contributed by atoms with E-state index in [-0.39, 0.29) is 5.91 Å². The van der Waals surface area contributed by atoms with Crippen molar-refractivity contribution in [2.45, 2.75) is 12.5 Å². The van der Waals surface area contributed by atoms with E-state index in [2.05, 4.69) is 10.3 Å². The first-order chi connectivity index (χ1) is 9.70. The Morgan fingerprint density at radius 1 is 1.55 bits per heavy atom. The van der Waals surface area contributed by atoms with E-state index in [9.17, 15) is 4.79 Å². The Morgan fingerprint density at radius 2 is 2.40 bits per heavy atom. The number of nitrogens with zero attached hydrogens (tertiary/aromatic N) is 2. The second-order valence-corrected chi connectivity index (χ2v) is 5.38. The summed E-state index contributed by atoms with van der Waals surface area (Å²) in [5, 5.41) is 2.85. The maximum absolute atomic E-state index is 12.0. The van der Waals surface area contributed by atoms with Gasteiger partial charge >= 0.3 is 0 Å². The number of aromatic nitrogens is 2. The summed E-state index contributed by atoms with van der Waals surface area (Å²) >= 11 is 1.68. The molecule has 0 saturated heterocycles. The molecule has 1 aromatic heterocycles. The molecule has 106 valence electrons. The first-order valence-electron chi connectivity index (χ1n) is 6.34. The van der Waals surface area contributed by atoms with E-state index < -0.39 is 6.04 Å². The predicted molar refractivity (Wildman–Crippen MR) is 83.2 cm³/mol. The van der Waals surface area contributed by atoms with E-state index in [1.165, 1.54) is 0 Å². The second-order valence-electron chi connectivity index (χ2n) is 4.40. The van der Waals surface area contributed by atoms with Crippen LogP contribution in [0.2, 0.25) is 0 Å². The minimum Gasteiger partial charge on any atom is -0.325 e. The van der Waals surface area contributed by atoms with Crippen LogP contribution in [-0.2, 0) is 4.79 Å². The number of anilines is 1. The number of nitrogens with one attached hydrogen (secondary N) is 1. The number of rotatable bonds is 6. The molecule has 2 aromatic rings. The fourth-order valence-corrected chi connectivity index (χ4v) is 2.26. The summed E-state index contributed by atoms with van der Waals surface area (Å²) in [5.74, 6) is 0.728. The van der Waals surface area contributed by atoms with Crippen molar-refractivity contribution in [1.29, 1.82) is 0 Å². The van der Waals surface area contributed by atoms with E-state index in [0.717, 1.165) is 17.1 Å². The van der Waals surface area contributed by atoms with Gasteiger partial charge in [0.2, 0.25) is 5.91 Å². The van der Waals surface area contributed by atoms with Crippen LogP contribution < -0.4 is 11.1 Å². The van der Waals surface area contributed by atoms with Crippen molar-refractivity contribution >= 4 is 23.4 Å². The third-order valence-corrected chi connectivity index (χ3v) is 3.53. The first kappa shape index (κ1) is 14.6. The third-order valence-electron chi connectivity index (χ3n) is 2.89. The van der Waals surface area contributed by atoms with Crippen molar-refractivity contribution in [3.05, 3.63) is 43.0 Å². The SMILES string of the molecule is CSCC[C@H](N)C(=O)Nc1cccc(-n2ccnc2)c1. The highest BCUT2D eigenvalue weighted by Crippen LogP contribution is 2.14. The lowest BCUT2D eigenvalue weighted by Crippen LogP contribution is -2.36. The topological polar surface area (TPSA) is 72.9 Å². The number of thioether (sulfide) groups is 1. The Labute approximate surface area is 122 Å².